The first kappa shape index (κ1) is 11.9. The molecule has 2 heteroatoms. The van der Waals surface area contributed by atoms with Gasteiger partial charge in [0.2, 0.25) is 0 Å². The van der Waals surface area contributed by atoms with Crippen molar-refractivity contribution in [2.75, 3.05) is 30.4 Å². The fourth-order valence-electron chi connectivity index (χ4n) is 1.59. The quantitative estimate of drug-likeness (QED) is 0.768. The zero-order chi connectivity index (χ0) is 11.1. The van der Waals surface area contributed by atoms with E-state index < -0.39 is 0 Å². The van der Waals surface area contributed by atoms with Crippen molar-refractivity contribution in [3.05, 3.63) is 24.3 Å². The van der Waals surface area contributed by atoms with E-state index in [0.717, 1.165) is 19.5 Å². The van der Waals surface area contributed by atoms with Crippen LogP contribution in [0.15, 0.2) is 24.3 Å². The van der Waals surface area contributed by atoms with Gasteiger partial charge in [0.05, 0.1) is 0 Å². The van der Waals surface area contributed by atoms with Crippen LogP contribution in [-0.2, 0) is 0 Å². The summed E-state index contributed by atoms with van der Waals surface area (Å²) in [6.45, 7) is 6.54. The van der Waals surface area contributed by atoms with Gasteiger partial charge in [-0.2, -0.15) is 0 Å². The second-order valence-electron chi connectivity index (χ2n) is 3.90. The Balaban J connectivity index is 2.64. The van der Waals surface area contributed by atoms with Gasteiger partial charge in [-0.3, -0.25) is 0 Å². The molecule has 1 N–H and O–H groups in total. The largest absolute Gasteiger partial charge is 0.385 e. The van der Waals surface area contributed by atoms with Crippen molar-refractivity contribution >= 4 is 11.4 Å². The number of benzene rings is 1. The molecule has 1 rings (SSSR count). The average molecular weight is 206 g/mol. The van der Waals surface area contributed by atoms with Gasteiger partial charge >= 0.3 is 0 Å². The molecule has 0 heterocycles. The van der Waals surface area contributed by atoms with Gasteiger partial charge in [0.25, 0.3) is 0 Å². The third-order valence-corrected chi connectivity index (χ3v) is 2.43. The highest BCUT2D eigenvalue weighted by Crippen LogP contribution is 2.18. The molecule has 2 nitrogen and oxygen atoms in total. The summed E-state index contributed by atoms with van der Waals surface area (Å²) in [5.41, 5.74) is 2.51. The molecule has 0 amide bonds. The van der Waals surface area contributed by atoms with Gasteiger partial charge in [0, 0.05) is 31.5 Å². The Bertz CT molecular complexity index is 284. The molecule has 0 saturated heterocycles. The Kier molecular flexibility index (Phi) is 5.02. The van der Waals surface area contributed by atoms with Crippen LogP contribution in [0.5, 0.6) is 0 Å². The van der Waals surface area contributed by atoms with E-state index in [1.807, 2.05) is 0 Å². The second-order valence-corrected chi connectivity index (χ2v) is 3.90. The number of hydrogen-bond acceptors (Lipinski definition) is 2. The Morgan fingerprint density at radius 2 is 2.00 bits per heavy atom. The molecule has 0 saturated carbocycles. The monoisotopic (exact) mass is 206 g/mol. The molecule has 84 valence electrons. The van der Waals surface area contributed by atoms with E-state index in [1.165, 1.54) is 17.8 Å². The van der Waals surface area contributed by atoms with Crippen molar-refractivity contribution in [1.82, 2.24) is 0 Å². The normalized spacial score (nSPS) is 10.1. The predicted octanol–water partition coefficient (Wildman–Crippen LogP) is 3.35. The summed E-state index contributed by atoms with van der Waals surface area (Å²) < 4.78 is 0. The molecule has 15 heavy (non-hydrogen) atoms. The number of hydrogen-bond donors (Lipinski definition) is 1. The van der Waals surface area contributed by atoms with E-state index >= 15 is 0 Å². The molecule has 0 spiro atoms. The van der Waals surface area contributed by atoms with E-state index in [2.05, 4.69) is 55.4 Å². The van der Waals surface area contributed by atoms with E-state index in [1.54, 1.807) is 0 Å². The molecule has 0 aromatic heterocycles. The minimum atomic E-state index is 1.04. The number of nitrogens with zero attached hydrogens (tertiary/aromatic N) is 1. The summed E-state index contributed by atoms with van der Waals surface area (Å²) in [5, 5.41) is 3.41. The molecule has 0 aliphatic rings. The van der Waals surface area contributed by atoms with Crippen molar-refractivity contribution < 1.29 is 0 Å². The summed E-state index contributed by atoms with van der Waals surface area (Å²) >= 11 is 0. The summed E-state index contributed by atoms with van der Waals surface area (Å²) in [7, 11) is 2.14. The molecule has 0 aliphatic heterocycles. The van der Waals surface area contributed by atoms with Gasteiger partial charge < -0.3 is 10.2 Å². The van der Waals surface area contributed by atoms with Crippen LogP contribution in [-0.4, -0.2) is 20.1 Å². The molecule has 0 atom stereocenters. The fraction of sp³-hybridized carbons (Fsp3) is 0.538. The third-order valence-electron chi connectivity index (χ3n) is 2.43. The molecule has 0 unspecified atom stereocenters. The van der Waals surface area contributed by atoms with Crippen molar-refractivity contribution in [2.45, 2.75) is 26.7 Å². The van der Waals surface area contributed by atoms with Crippen LogP contribution in [0.4, 0.5) is 11.4 Å². The van der Waals surface area contributed by atoms with E-state index in [9.17, 15) is 0 Å². The number of nitrogens with one attached hydrogen (secondary N) is 1. The lowest BCUT2D eigenvalue weighted by Gasteiger charge is -2.19. The maximum atomic E-state index is 3.41. The topological polar surface area (TPSA) is 15.3 Å². The Labute approximate surface area is 93.3 Å². The van der Waals surface area contributed by atoms with Crippen molar-refractivity contribution in [3.8, 4) is 0 Å². The van der Waals surface area contributed by atoms with Crippen LogP contribution >= 0.6 is 0 Å². The SMILES string of the molecule is CCCNc1cccc(N(C)CCC)c1. The first-order chi connectivity index (χ1) is 7.27. The second kappa shape index (κ2) is 6.33. The fourth-order valence-corrected chi connectivity index (χ4v) is 1.59. The van der Waals surface area contributed by atoms with Crippen molar-refractivity contribution in [1.29, 1.82) is 0 Å². The molecule has 1 aromatic rings. The van der Waals surface area contributed by atoms with E-state index in [-0.39, 0.29) is 0 Å². The lowest BCUT2D eigenvalue weighted by Crippen LogP contribution is -2.17. The highest BCUT2D eigenvalue weighted by Gasteiger charge is 1.99. The lowest BCUT2D eigenvalue weighted by atomic mass is 10.2. The van der Waals surface area contributed by atoms with Crippen LogP contribution in [0.3, 0.4) is 0 Å². The zero-order valence-corrected chi connectivity index (χ0v) is 10.1. The van der Waals surface area contributed by atoms with Gasteiger partial charge in [-0.15, -0.1) is 0 Å². The molecule has 0 fully saturated rings. The molecular formula is C13H22N2. The smallest absolute Gasteiger partial charge is 0.0384 e. The molecule has 0 aliphatic carbocycles. The van der Waals surface area contributed by atoms with Crippen LogP contribution in [0.1, 0.15) is 26.7 Å². The van der Waals surface area contributed by atoms with E-state index in [0.29, 0.717) is 0 Å². The van der Waals surface area contributed by atoms with Crippen molar-refractivity contribution in [2.24, 2.45) is 0 Å². The minimum absolute atomic E-state index is 1.04. The minimum Gasteiger partial charge on any atom is -0.385 e. The highest BCUT2D eigenvalue weighted by atomic mass is 15.1. The van der Waals surface area contributed by atoms with Crippen LogP contribution in [0, 0.1) is 0 Å². The zero-order valence-electron chi connectivity index (χ0n) is 10.1. The average Bonchev–Trinajstić information content (AvgIpc) is 2.27. The Hall–Kier alpha value is -1.18. The number of anilines is 2. The maximum absolute atomic E-state index is 3.41. The Morgan fingerprint density at radius 1 is 1.20 bits per heavy atom. The molecule has 0 bridgehead atoms. The van der Waals surface area contributed by atoms with Gasteiger partial charge in [-0.05, 0) is 31.0 Å². The highest BCUT2D eigenvalue weighted by molar-refractivity contribution is 5.57. The van der Waals surface area contributed by atoms with Crippen LogP contribution in [0.25, 0.3) is 0 Å². The predicted molar refractivity (Wildman–Crippen MR) is 68.8 cm³/mol. The van der Waals surface area contributed by atoms with Crippen molar-refractivity contribution in [3.63, 3.8) is 0 Å². The summed E-state index contributed by atoms with van der Waals surface area (Å²) in [4.78, 5) is 2.29. The maximum Gasteiger partial charge on any atom is 0.0384 e. The summed E-state index contributed by atoms with van der Waals surface area (Å²) in [6, 6.07) is 8.61. The van der Waals surface area contributed by atoms with Crippen LogP contribution in [0.2, 0.25) is 0 Å². The Morgan fingerprint density at radius 3 is 2.67 bits per heavy atom. The first-order valence-electron chi connectivity index (χ1n) is 5.83. The van der Waals surface area contributed by atoms with Gasteiger partial charge in [0.15, 0.2) is 0 Å². The summed E-state index contributed by atoms with van der Waals surface area (Å²) in [5.74, 6) is 0. The van der Waals surface area contributed by atoms with Crippen LogP contribution < -0.4 is 10.2 Å². The molecule has 1 aromatic carbocycles. The van der Waals surface area contributed by atoms with Gasteiger partial charge in [-0.1, -0.05) is 19.9 Å². The van der Waals surface area contributed by atoms with Gasteiger partial charge in [-0.25, -0.2) is 0 Å². The van der Waals surface area contributed by atoms with Gasteiger partial charge in [0.1, 0.15) is 0 Å². The van der Waals surface area contributed by atoms with E-state index in [4.69, 9.17) is 0 Å². The first-order valence-corrected chi connectivity index (χ1v) is 5.83. The number of rotatable bonds is 6. The summed E-state index contributed by atoms with van der Waals surface area (Å²) in [6.07, 6.45) is 2.35. The standard InChI is InChI=1S/C13H22N2/c1-4-9-14-12-7-6-8-13(11-12)15(3)10-5-2/h6-8,11,14H,4-5,9-10H2,1-3H3. The lowest BCUT2D eigenvalue weighted by molar-refractivity contribution is 0.852. The molecular weight excluding hydrogens is 184 g/mol. The molecule has 0 radical (unpaired) electrons. The third kappa shape index (κ3) is 3.82.